The van der Waals surface area contributed by atoms with Crippen molar-refractivity contribution in [3.05, 3.63) is 101 Å². The van der Waals surface area contributed by atoms with E-state index in [0.29, 0.717) is 29.7 Å². The third kappa shape index (κ3) is 6.80. The highest BCUT2D eigenvalue weighted by Gasteiger charge is 2.36. The van der Waals surface area contributed by atoms with Crippen LogP contribution in [0.25, 0.3) is 0 Å². The average Bonchev–Trinajstić information content (AvgIpc) is 3.17. The van der Waals surface area contributed by atoms with E-state index in [-0.39, 0.29) is 43.1 Å². The van der Waals surface area contributed by atoms with Crippen LogP contribution in [0.5, 0.6) is 0 Å². The van der Waals surface area contributed by atoms with Gasteiger partial charge in [0.15, 0.2) is 6.16 Å². The molecule has 3 aromatic carbocycles. The Hall–Kier alpha value is -3.67. The molecule has 0 N–H and O–H groups in total. The first-order chi connectivity index (χ1) is 18.3. The highest BCUT2D eigenvalue weighted by molar-refractivity contribution is 7.39. The number of anilines is 1. The first kappa shape index (κ1) is 27.4. The lowest BCUT2D eigenvalue weighted by Crippen LogP contribution is -2.29. The predicted molar refractivity (Wildman–Crippen MR) is 145 cm³/mol. The van der Waals surface area contributed by atoms with E-state index >= 15 is 0 Å². The van der Waals surface area contributed by atoms with Crippen LogP contribution in [0.15, 0.2) is 78.9 Å². The standard InChI is InChI=1S/C30H31NO6P/c1-21(2)18-24(30(34)36-19-23-8-4-3-5-9-23)20-38(35)37-17-16-22-12-14-25(15-13-22)31-28(32)26-10-6-7-11-27(26)29(31)33/h3-15,21,24H,16-20H2,1-2H3/q+1. The van der Waals surface area contributed by atoms with Crippen molar-refractivity contribution in [3.63, 3.8) is 0 Å². The zero-order valence-electron chi connectivity index (χ0n) is 21.5. The molecular formula is C30H31NO6P+. The molecule has 38 heavy (non-hydrogen) atoms. The van der Waals surface area contributed by atoms with E-state index in [1.165, 1.54) is 4.90 Å². The van der Waals surface area contributed by atoms with Gasteiger partial charge in [-0.1, -0.05) is 68.4 Å². The second-order valence-corrected chi connectivity index (χ2v) is 11.0. The Morgan fingerprint density at radius 2 is 1.45 bits per heavy atom. The predicted octanol–water partition coefficient (Wildman–Crippen LogP) is 6.19. The summed E-state index contributed by atoms with van der Waals surface area (Å²) in [5.74, 6) is -1.29. The normalized spacial score (nSPS) is 14.0. The molecule has 4 rings (SSSR count). The number of hydrogen-bond donors (Lipinski definition) is 0. The summed E-state index contributed by atoms with van der Waals surface area (Å²) in [6, 6.07) is 23.3. The second kappa shape index (κ2) is 12.7. The van der Waals surface area contributed by atoms with E-state index in [0.717, 1.165) is 11.1 Å². The number of carbonyl (C=O) groups excluding carboxylic acids is 3. The summed E-state index contributed by atoms with van der Waals surface area (Å²) in [5, 5.41) is 0. The van der Waals surface area contributed by atoms with Crippen LogP contribution >= 0.6 is 8.03 Å². The molecule has 0 saturated carbocycles. The third-order valence-electron chi connectivity index (χ3n) is 6.30. The number of rotatable bonds is 12. The Bertz CT molecular complexity index is 1270. The van der Waals surface area contributed by atoms with Gasteiger partial charge < -0.3 is 4.74 Å². The Morgan fingerprint density at radius 1 is 0.842 bits per heavy atom. The summed E-state index contributed by atoms with van der Waals surface area (Å²) < 4.78 is 23.7. The van der Waals surface area contributed by atoms with E-state index in [9.17, 15) is 18.9 Å². The van der Waals surface area contributed by atoms with Crippen molar-refractivity contribution in [1.29, 1.82) is 0 Å². The Morgan fingerprint density at radius 3 is 2.05 bits per heavy atom. The van der Waals surface area contributed by atoms with Crippen LogP contribution < -0.4 is 4.90 Å². The number of hydrogen-bond acceptors (Lipinski definition) is 6. The summed E-state index contributed by atoms with van der Waals surface area (Å²) in [4.78, 5) is 39.2. The van der Waals surface area contributed by atoms with Gasteiger partial charge in [-0.05, 0) is 52.3 Å². The number of nitrogens with zero attached hydrogens (tertiary/aromatic N) is 1. The Kier molecular flexibility index (Phi) is 9.16. The monoisotopic (exact) mass is 532 g/mol. The van der Waals surface area contributed by atoms with Crippen molar-refractivity contribution in [1.82, 2.24) is 0 Å². The van der Waals surface area contributed by atoms with Gasteiger partial charge in [-0.3, -0.25) is 14.4 Å². The zero-order chi connectivity index (χ0) is 27.1. The largest absolute Gasteiger partial charge is 0.508 e. The molecule has 1 aliphatic heterocycles. The lowest BCUT2D eigenvalue weighted by Gasteiger charge is -2.14. The number of ether oxygens (including phenoxy) is 1. The SMILES string of the molecule is CC(C)CC(C[P+](=O)OCCc1ccc(N2C(=O)c3ccccc3C2=O)cc1)C(=O)OCc1ccccc1. The number of carbonyl (C=O) groups is 3. The fraction of sp³-hybridized carbons (Fsp3) is 0.300. The lowest BCUT2D eigenvalue weighted by molar-refractivity contribution is -0.149. The Balaban J connectivity index is 1.27. The minimum absolute atomic E-state index is 0.111. The highest BCUT2D eigenvalue weighted by atomic mass is 31.1. The highest BCUT2D eigenvalue weighted by Crippen LogP contribution is 2.31. The van der Waals surface area contributed by atoms with Crippen LogP contribution in [0.2, 0.25) is 0 Å². The van der Waals surface area contributed by atoms with Crippen molar-refractivity contribution < 1.29 is 28.2 Å². The number of benzene rings is 3. The van der Waals surface area contributed by atoms with Gasteiger partial charge in [0.25, 0.3) is 11.8 Å². The van der Waals surface area contributed by atoms with Crippen LogP contribution in [0.4, 0.5) is 5.69 Å². The van der Waals surface area contributed by atoms with Gasteiger partial charge in [0.2, 0.25) is 0 Å². The van der Waals surface area contributed by atoms with E-state index in [2.05, 4.69) is 0 Å². The van der Waals surface area contributed by atoms with Gasteiger partial charge in [0.1, 0.15) is 19.1 Å². The zero-order valence-corrected chi connectivity index (χ0v) is 22.4. The number of amides is 2. The molecule has 0 fully saturated rings. The quantitative estimate of drug-likeness (QED) is 0.157. The molecule has 2 unspecified atom stereocenters. The van der Waals surface area contributed by atoms with Gasteiger partial charge >= 0.3 is 14.0 Å². The molecule has 0 radical (unpaired) electrons. The summed E-state index contributed by atoms with van der Waals surface area (Å²) in [7, 11) is -2.04. The minimum Gasteiger partial charge on any atom is -0.460 e. The first-order valence-corrected chi connectivity index (χ1v) is 14.0. The van der Waals surface area contributed by atoms with Gasteiger partial charge in [-0.2, -0.15) is 0 Å². The van der Waals surface area contributed by atoms with E-state index in [4.69, 9.17) is 9.26 Å². The summed E-state index contributed by atoms with van der Waals surface area (Å²) in [6.45, 7) is 4.42. The molecule has 2 atom stereocenters. The minimum atomic E-state index is -2.04. The molecule has 1 heterocycles. The van der Waals surface area contributed by atoms with Crippen molar-refractivity contribution >= 4 is 31.5 Å². The third-order valence-corrected chi connectivity index (χ3v) is 7.51. The van der Waals surface area contributed by atoms with Gasteiger partial charge in [-0.15, -0.1) is 4.52 Å². The lowest BCUT2D eigenvalue weighted by atomic mass is 9.99. The molecule has 3 aromatic rings. The molecule has 7 nitrogen and oxygen atoms in total. The van der Waals surface area contributed by atoms with Crippen LogP contribution in [0.1, 0.15) is 52.1 Å². The first-order valence-electron chi connectivity index (χ1n) is 12.7. The maximum absolute atomic E-state index is 12.7. The number of imide groups is 1. The van der Waals surface area contributed by atoms with E-state index < -0.39 is 13.9 Å². The maximum atomic E-state index is 12.7. The molecule has 0 bridgehead atoms. The van der Waals surface area contributed by atoms with Crippen molar-refractivity contribution in [3.8, 4) is 0 Å². The van der Waals surface area contributed by atoms with E-state index in [1.54, 1.807) is 36.4 Å². The number of esters is 1. The molecule has 8 heteroatoms. The van der Waals surface area contributed by atoms with Crippen LogP contribution in [-0.4, -0.2) is 30.6 Å². The molecule has 0 saturated heterocycles. The molecular weight excluding hydrogens is 501 g/mol. The van der Waals surface area contributed by atoms with Crippen molar-refractivity contribution in [2.24, 2.45) is 11.8 Å². The average molecular weight is 533 g/mol. The van der Waals surface area contributed by atoms with Crippen LogP contribution in [0.3, 0.4) is 0 Å². The summed E-state index contributed by atoms with van der Waals surface area (Å²) in [5.41, 5.74) is 3.11. The second-order valence-electron chi connectivity index (χ2n) is 9.68. The smallest absolute Gasteiger partial charge is 0.460 e. The fourth-order valence-corrected chi connectivity index (χ4v) is 5.45. The Labute approximate surface area is 223 Å². The summed E-state index contributed by atoms with van der Waals surface area (Å²) in [6.07, 6.45) is 1.17. The molecule has 196 valence electrons. The van der Waals surface area contributed by atoms with Crippen molar-refractivity contribution in [2.45, 2.75) is 33.3 Å². The number of fused-ring (bicyclic) bond motifs is 1. The van der Waals surface area contributed by atoms with Crippen LogP contribution in [-0.2, 0) is 31.6 Å². The maximum Gasteiger partial charge on any atom is 0.508 e. The van der Waals surface area contributed by atoms with Crippen LogP contribution in [0, 0.1) is 11.8 Å². The molecule has 2 amide bonds. The van der Waals surface area contributed by atoms with Crippen molar-refractivity contribution in [2.75, 3.05) is 17.7 Å². The van der Waals surface area contributed by atoms with Gasteiger partial charge in [0, 0.05) is 6.42 Å². The molecule has 0 aliphatic carbocycles. The summed E-state index contributed by atoms with van der Waals surface area (Å²) >= 11 is 0. The van der Waals surface area contributed by atoms with Gasteiger partial charge in [0.05, 0.1) is 16.8 Å². The van der Waals surface area contributed by atoms with E-state index in [1.807, 2.05) is 56.3 Å². The molecule has 0 spiro atoms. The fourth-order valence-electron chi connectivity index (χ4n) is 4.39. The molecule has 0 aromatic heterocycles. The topological polar surface area (TPSA) is 90.0 Å². The molecule has 1 aliphatic rings. The van der Waals surface area contributed by atoms with Gasteiger partial charge in [-0.25, -0.2) is 4.90 Å².